The van der Waals surface area contributed by atoms with E-state index in [9.17, 15) is 0 Å². The molecule has 14 heavy (non-hydrogen) atoms. The highest BCUT2D eigenvalue weighted by Crippen LogP contribution is 2.18. The molecule has 0 aromatic carbocycles. The first-order chi connectivity index (χ1) is 6.84. The minimum Gasteiger partial charge on any atom is -0.308 e. The highest BCUT2D eigenvalue weighted by atomic mass is 32.2. The first-order valence-electron chi connectivity index (χ1n) is 5.07. The third kappa shape index (κ3) is 2.97. The SMILES string of the molecule is Cc1ncc(CNC2CCCSC2)s1. The molecule has 4 heteroatoms. The summed E-state index contributed by atoms with van der Waals surface area (Å²) in [5.74, 6) is 2.62. The second kappa shape index (κ2) is 5.14. The lowest BCUT2D eigenvalue weighted by molar-refractivity contribution is 0.510. The van der Waals surface area contributed by atoms with E-state index in [2.05, 4.69) is 29.0 Å². The van der Waals surface area contributed by atoms with Crippen molar-refractivity contribution in [3.63, 3.8) is 0 Å². The number of nitrogens with zero attached hydrogens (tertiary/aromatic N) is 1. The minimum atomic E-state index is 0.719. The first-order valence-corrected chi connectivity index (χ1v) is 7.04. The van der Waals surface area contributed by atoms with Crippen LogP contribution < -0.4 is 5.32 Å². The largest absolute Gasteiger partial charge is 0.308 e. The van der Waals surface area contributed by atoms with Crippen LogP contribution in [0.4, 0.5) is 0 Å². The predicted octanol–water partition coefficient (Wildman–Crippen LogP) is 2.44. The van der Waals surface area contributed by atoms with E-state index >= 15 is 0 Å². The molecular formula is C10H16N2S2. The van der Waals surface area contributed by atoms with Gasteiger partial charge in [0.05, 0.1) is 5.01 Å². The van der Waals surface area contributed by atoms with Gasteiger partial charge in [0, 0.05) is 29.4 Å². The van der Waals surface area contributed by atoms with Crippen LogP contribution in [0.15, 0.2) is 6.20 Å². The van der Waals surface area contributed by atoms with Crippen molar-refractivity contribution in [3.05, 3.63) is 16.1 Å². The monoisotopic (exact) mass is 228 g/mol. The third-order valence-electron chi connectivity index (χ3n) is 2.39. The molecule has 1 fully saturated rings. The zero-order valence-electron chi connectivity index (χ0n) is 8.45. The summed E-state index contributed by atoms with van der Waals surface area (Å²) in [6.07, 6.45) is 4.69. The van der Waals surface area contributed by atoms with Crippen LogP contribution in [0.3, 0.4) is 0 Å². The summed E-state index contributed by atoms with van der Waals surface area (Å²) in [6.45, 7) is 3.06. The van der Waals surface area contributed by atoms with Gasteiger partial charge in [-0.3, -0.25) is 0 Å². The highest BCUT2D eigenvalue weighted by Gasteiger charge is 2.12. The van der Waals surface area contributed by atoms with Crippen LogP contribution in [0.5, 0.6) is 0 Å². The molecule has 2 nitrogen and oxygen atoms in total. The highest BCUT2D eigenvalue weighted by molar-refractivity contribution is 7.99. The van der Waals surface area contributed by atoms with Crippen molar-refractivity contribution >= 4 is 23.1 Å². The summed E-state index contributed by atoms with van der Waals surface area (Å²) in [4.78, 5) is 5.61. The van der Waals surface area contributed by atoms with Crippen LogP contribution in [0.25, 0.3) is 0 Å². The number of thiazole rings is 1. The molecule has 78 valence electrons. The predicted molar refractivity (Wildman–Crippen MR) is 64.0 cm³/mol. The molecule has 1 N–H and O–H groups in total. The minimum absolute atomic E-state index is 0.719. The van der Waals surface area contributed by atoms with Gasteiger partial charge in [0.2, 0.25) is 0 Å². The second-order valence-electron chi connectivity index (χ2n) is 3.64. The Kier molecular flexibility index (Phi) is 3.84. The zero-order chi connectivity index (χ0) is 9.80. The molecule has 1 aromatic heterocycles. The lowest BCUT2D eigenvalue weighted by Crippen LogP contribution is -2.32. The van der Waals surface area contributed by atoms with E-state index in [-0.39, 0.29) is 0 Å². The molecule has 2 rings (SSSR count). The first kappa shape index (κ1) is 10.5. The number of thioether (sulfide) groups is 1. The van der Waals surface area contributed by atoms with Gasteiger partial charge in [0.25, 0.3) is 0 Å². The molecule has 1 unspecified atom stereocenters. The normalized spacial score (nSPS) is 22.5. The lowest BCUT2D eigenvalue weighted by atomic mass is 10.2. The fraction of sp³-hybridized carbons (Fsp3) is 0.700. The number of nitrogens with one attached hydrogen (secondary N) is 1. The fourth-order valence-corrected chi connectivity index (χ4v) is 3.49. The van der Waals surface area contributed by atoms with Gasteiger partial charge in [0.1, 0.15) is 0 Å². The Morgan fingerprint density at radius 1 is 1.64 bits per heavy atom. The van der Waals surface area contributed by atoms with Gasteiger partial charge in [-0.15, -0.1) is 11.3 Å². The van der Waals surface area contributed by atoms with Crippen LogP contribution in [0, 0.1) is 6.92 Å². The quantitative estimate of drug-likeness (QED) is 0.860. The average molecular weight is 228 g/mol. The Balaban J connectivity index is 1.76. The maximum atomic E-state index is 4.25. The van der Waals surface area contributed by atoms with Gasteiger partial charge in [0.15, 0.2) is 0 Å². The molecular weight excluding hydrogens is 212 g/mol. The van der Waals surface area contributed by atoms with Gasteiger partial charge in [-0.2, -0.15) is 11.8 Å². The zero-order valence-corrected chi connectivity index (χ0v) is 10.1. The number of hydrogen-bond acceptors (Lipinski definition) is 4. The summed E-state index contributed by atoms with van der Waals surface area (Å²) < 4.78 is 0. The Morgan fingerprint density at radius 2 is 2.57 bits per heavy atom. The van der Waals surface area contributed by atoms with Gasteiger partial charge in [-0.25, -0.2) is 4.98 Å². The smallest absolute Gasteiger partial charge is 0.0897 e. The maximum absolute atomic E-state index is 4.25. The van der Waals surface area contributed by atoms with Crippen LogP contribution >= 0.6 is 23.1 Å². The molecule has 1 aromatic rings. The average Bonchev–Trinajstić information content (AvgIpc) is 2.63. The molecule has 1 aliphatic rings. The van der Waals surface area contributed by atoms with E-state index in [1.807, 2.05) is 6.20 Å². The molecule has 0 amide bonds. The Morgan fingerprint density at radius 3 is 3.21 bits per heavy atom. The van der Waals surface area contributed by atoms with Crippen molar-refractivity contribution < 1.29 is 0 Å². The van der Waals surface area contributed by atoms with Gasteiger partial charge in [-0.1, -0.05) is 0 Å². The fourth-order valence-electron chi connectivity index (χ4n) is 1.63. The van der Waals surface area contributed by atoms with E-state index in [4.69, 9.17) is 0 Å². The van der Waals surface area contributed by atoms with E-state index in [1.165, 1.54) is 34.2 Å². The van der Waals surface area contributed by atoms with E-state index < -0.39 is 0 Å². The Labute approximate surface area is 93.5 Å². The summed E-state index contributed by atoms with van der Waals surface area (Å²) in [7, 11) is 0. The van der Waals surface area contributed by atoms with Crippen molar-refractivity contribution in [1.82, 2.24) is 10.3 Å². The molecule has 0 radical (unpaired) electrons. The van der Waals surface area contributed by atoms with E-state index in [0.29, 0.717) is 0 Å². The summed E-state index contributed by atoms with van der Waals surface area (Å²) >= 11 is 3.86. The van der Waals surface area contributed by atoms with Gasteiger partial charge < -0.3 is 5.32 Å². The second-order valence-corrected chi connectivity index (χ2v) is 6.11. The van der Waals surface area contributed by atoms with Crippen molar-refractivity contribution in [2.24, 2.45) is 0 Å². The van der Waals surface area contributed by atoms with Crippen LogP contribution in [-0.4, -0.2) is 22.5 Å². The van der Waals surface area contributed by atoms with Crippen LogP contribution in [-0.2, 0) is 6.54 Å². The lowest BCUT2D eigenvalue weighted by Gasteiger charge is -2.22. The summed E-state index contributed by atoms with van der Waals surface area (Å²) in [5.41, 5.74) is 0. The summed E-state index contributed by atoms with van der Waals surface area (Å²) in [5, 5.41) is 4.77. The molecule has 2 heterocycles. The molecule has 0 spiro atoms. The van der Waals surface area contributed by atoms with E-state index in [1.54, 1.807) is 11.3 Å². The van der Waals surface area contributed by atoms with Crippen molar-refractivity contribution in [1.29, 1.82) is 0 Å². The molecule has 1 saturated heterocycles. The molecule has 0 saturated carbocycles. The molecule has 0 aliphatic carbocycles. The van der Waals surface area contributed by atoms with Crippen LogP contribution in [0.2, 0.25) is 0 Å². The topological polar surface area (TPSA) is 24.9 Å². The van der Waals surface area contributed by atoms with Gasteiger partial charge in [-0.05, 0) is 25.5 Å². The Bertz CT molecular complexity index is 279. The third-order valence-corrected chi connectivity index (χ3v) is 4.52. The number of aromatic nitrogens is 1. The number of rotatable bonds is 3. The Hall–Kier alpha value is -0.0600. The standard InChI is InChI=1S/C10H16N2S2/c1-8-11-5-10(14-8)6-12-9-3-2-4-13-7-9/h5,9,12H,2-4,6-7H2,1H3. The maximum Gasteiger partial charge on any atom is 0.0897 e. The molecule has 0 bridgehead atoms. The number of hydrogen-bond donors (Lipinski definition) is 1. The van der Waals surface area contributed by atoms with Gasteiger partial charge >= 0.3 is 0 Å². The number of aryl methyl sites for hydroxylation is 1. The van der Waals surface area contributed by atoms with Crippen molar-refractivity contribution in [2.45, 2.75) is 32.4 Å². The van der Waals surface area contributed by atoms with E-state index in [0.717, 1.165) is 12.6 Å². The summed E-state index contributed by atoms with van der Waals surface area (Å²) in [6, 6.07) is 0.719. The van der Waals surface area contributed by atoms with Crippen molar-refractivity contribution in [2.75, 3.05) is 11.5 Å². The van der Waals surface area contributed by atoms with Crippen molar-refractivity contribution in [3.8, 4) is 0 Å². The molecule has 1 aliphatic heterocycles. The molecule has 1 atom stereocenters. The van der Waals surface area contributed by atoms with Crippen LogP contribution in [0.1, 0.15) is 22.7 Å².